The van der Waals surface area contributed by atoms with Gasteiger partial charge in [0.15, 0.2) is 0 Å². The topological polar surface area (TPSA) is 86.7 Å². The molecule has 0 atom stereocenters. The molecule has 6 nitrogen and oxygen atoms in total. The Hall–Kier alpha value is -1.11. The Morgan fingerprint density at radius 3 is 1.50 bits per heavy atom. The molecule has 0 heterocycles. The molecule has 0 saturated heterocycles. The Kier molecular flexibility index (Phi) is 11.1. The number of hydrogen-bond acceptors (Lipinski definition) is 6. The second-order valence-electron chi connectivity index (χ2n) is 1.32. The Morgan fingerprint density at radius 1 is 1.08 bits per heavy atom. The fraction of sp³-hybridized carbons (Fsp3) is 0.800. The van der Waals surface area contributed by atoms with Crippen molar-refractivity contribution >= 4 is 16.8 Å². The van der Waals surface area contributed by atoms with E-state index in [2.05, 4.69) is 9.47 Å². The van der Waals surface area contributed by atoms with Crippen LogP contribution in [0.3, 0.4) is 0 Å². The van der Waals surface area contributed by atoms with Crippen LogP contribution in [0.2, 0.25) is 0 Å². The summed E-state index contributed by atoms with van der Waals surface area (Å²) in [7, 11) is -3.11. The van der Waals surface area contributed by atoms with E-state index >= 15 is 0 Å². The molecule has 0 bridgehead atoms. The zero-order valence-electron chi connectivity index (χ0n) is 6.77. The van der Waals surface area contributed by atoms with Crippen LogP contribution in [0.5, 0.6) is 0 Å². The van der Waals surface area contributed by atoms with Gasteiger partial charge in [0.1, 0.15) is 0 Å². The van der Waals surface area contributed by atoms with Crippen LogP contribution >= 0.6 is 0 Å². The van der Waals surface area contributed by atoms with Crippen molar-refractivity contribution in [2.45, 2.75) is 13.8 Å². The molecule has 0 spiro atoms. The van der Waals surface area contributed by atoms with Gasteiger partial charge in [-0.15, -0.1) is 12.6 Å². The summed E-state index contributed by atoms with van der Waals surface area (Å²) in [6, 6.07) is 0. The van der Waals surface area contributed by atoms with Gasteiger partial charge in [-0.3, -0.25) is 0 Å². The highest BCUT2D eigenvalue weighted by molar-refractivity contribution is 7.59. The number of carbonyl (C=O) groups is 1. The summed E-state index contributed by atoms with van der Waals surface area (Å²) >= 11 is 0. The SMILES string of the molecule is CCOC(=O)OCC.O=S(=O)=O. The van der Waals surface area contributed by atoms with Crippen molar-refractivity contribution < 1.29 is 26.9 Å². The van der Waals surface area contributed by atoms with Crippen LogP contribution in [0.4, 0.5) is 4.79 Å². The summed E-state index contributed by atoms with van der Waals surface area (Å²) in [6.45, 7) is 4.21. The summed E-state index contributed by atoms with van der Waals surface area (Å²) < 4.78 is 34.2. The van der Waals surface area contributed by atoms with E-state index in [1.165, 1.54) is 0 Å². The van der Waals surface area contributed by atoms with E-state index in [1.807, 2.05) is 0 Å². The predicted molar refractivity (Wildman–Crippen MR) is 38.3 cm³/mol. The minimum Gasteiger partial charge on any atom is -0.435 e. The number of ether oxygens (including phenoxy) is 2. The molecule has 12 heavy (non-hydrogen) atoms. The molecular weight excluding hydrogens is 188 g/mol. The molecule has 0 unspecified atom stereocenters. The lowest BCUT2D eigenvalue weighted by atomic mass is 10.8. The summed E-state index contributed by atoms with van der Waals surface area (Å²) in [5.41, 5.74) is 0. The van der Waals surface area contributed by atoms with Crippen LogP contribution in [0.1, 0.15) is 13.8 Å². The van der Waals surface area contributed by atoms with E-state index in [1.54, 1.807) is 13.8 Å². The molecule has 0 aliphatic heterocycles. The fourth-order valence-electron chi connectivity index (χ4n) is 0.277. The molecule has 7 heteroatoms. The van der Waals surface area contributed by atoms with Crippen molar-refractivity contribution in [2.75, 3.05) is 13.2 Å². The van der Waals surface area contributed by atoms with Gasteiger partial charge in [0.2, 0.25) is 0 Å². The maximum absolute atomic E-state index is 10.2. The molecule has 0 aliphatic carbocycles. The summed E-state index contributed by atoms with van der Waals surface area (Å²) in [4.78, 5) is 10.2. The Bertz CT molecular complexity index is 188. The van der Waals surface area contributed by atoms with E-state index in [-0.39, 0.29) is 0 Å². The average Bonchev–Trinajstić information content (AvgIpc) is 1.87. The standard InChI is InChI=1S/C5H10O3.O3S/c1-3-7-5(6)8-4-2;1-4(2)3/h3-4H2,1-2H3;. The predicted octanol–water partition coefficient (Wildman–Crippen LogP) is 0.175. The Balaban J connectivity index is 0. The Labute approximate surface area is 71.5 Å². The first-order chi connectivity index (χ1) is 5.54. The van der Waals surface area contributed by atoms with Crippen molar-refractivity contribution in [1.29, 1.82) is 0 Å². The van der Waals surface area contributed by atoms with Gasteiger partial charge in [-0.05, 0) is 13.8 Å². The number of carbonyl (C=O) groups excluding carboxylic acids is 1. The van der Waals surface area contributed by atoms with Gasteiger partial charge in [0.05, 0.1) is 13.2 Å². The second kappa shape index (κ2) is 9.89. The average molecular weight is 198 g/mol. The lowest BCUT2D eigenvalue weighted by Gasteiger charge is -1.98. The third-order valence-electron chi connectivity index (χ3n) is 0.524. The lowest BCUT2D eigenvalue weighted by Crippen LogP contribution is -2.05. The Morgan fingerprint density at radius 2 is 1.33 bits per heavy atom. The number of hydrogen-bond donors (Lipinski definition) is 0. The van der Waals surface area contributed by atoms with Crippen LogP contribution in [0.15, 0.2) is 0 Å². The molecule has 0 radical (unpaired) electrons. The van der Waals surface area contributed by atoms with Gasteiger partial charge in [-0.2, -0.15) is 0 Å². The molecule has 0 saturated carbocycles. The zero-order chi connectivity index (χ0) is 9.98. The minimum absolute atomic E-state index is 0.374. The summed E-state index contributed by atoms with van der Waals surface area (Å²) in [5, 5.41) is 0. The van der Waals surface area contributed by atoms with Gasteiger partial charge < -0.3 is 9.47 Å². The van der Waals surface area contributed by atoms with Crippen molar-refractivity contribution in [3.8, 4) is 0 Å². The third-order valence-corrected chi connectivity index (χ3v) is 0.524. The van der Waals surface area contributed by atoms with Crippen LogP contribution in [0, 0.1) is 0 Å². The first kappa shape index (κ1) is 13.5. The van der Waals surface area contributed by atoms with E-state index in [0.29, 0.717) is 13.2 Å². The maximum Gasteiger partial charge on any atom is 0.508 e. The zero-order valence-corrected chi connectivity index (χ0v) is 7.59. The molecule has 0 aromatic rings. The molecule has 72 valence electrons. The fourth-order valence-corrected chi connectivity index (χ4v) is 0.277. The lowest BCUT2D eigenvalue weighted by molar-refractivity contribution is 0.0630. The molecule has 0 aromatic heterocycles. The van der Waals surface area contributed by atoms with Crippen LogP contribution < -0.4 is 0 Å². The molecule has 0 amide bonds. The molecule has 0 aliphatic rings. The molecule has 0 rings (SSSR count). The molecule has 0 fully saturated rings. The van der Waals surface area contributed by atoms with Crippen molar-refractivity contribution in [3.63, 3.8) is 0 Å². The molecular formula is C5H10O6S. The van der Waals surface area contributed by atoms with Crippen molar-refractivity contribution in [2.24, 2.45) is 0 Å². The highest BCUT2D eigenvalue weighted by Crippen LogP contribution is 1.81. The first-order valence-electron chi connectivity index (χ1n) is 3.10. The van der Waals surface area contributed by atoms with E-state index in [9.17, 15) is 4.79 Å². The van der Waals surface area contributed by atoms with Gasteiger partial charge in [0.25, 0.3) is 0 Å². The summed E-state index contributed by atoms with van der Waals surface area (Å²) in [5.74, 6) is 0. The second-order valence-corrected chi connectivity index (χ2v) is 1.73. The van der Waals surface area contributed by atoms with E-state index in [4.69, 9.17) is 12.6 Å². The van der Waals surface area contributed by atoms with Gasteiger partial charge in [-0.1, -0.05) is 0 Å². The highest BCUT2D eigenvalue weighted by Gasteiger charge is 1.96. The van der Waals surface area contributed by atoms with Crippen LogP contribution in [-0.4, -0.2) is 32.0 Å². The van der Waals surface area contributed by atoms with Crippen LogP contribution in [0.25, 0.3) is 0 Å². The minimum atomic E-state index is -3.11. The van der Waals surface area contributed by atoms with Gasteiger partial charge in [0, 0.05) is 0 Å². The molecule has 0 aromatic carbocycles. The van der Waals surface area contributed by atoms with Crippen molar-refractivity contribution in [3.05, 3.63) is 0 Å². The van der Waals surface area contributed by atoms with Gasteiger partial charge in [-0.25, -0.2) is 4.79 Å². The normalized spacial score (nSPS) is 7.50. The van der Waals surface area contributed by atoms with Gasteiger partial charge >= 0.3 is 16.8 Å². The first-order valence-corrected chi connectivity index (χ1v) is 4.10. The number of rotatable bonds is 2. The quantitative estimate of drug-likeness (QED) is 0.588. The maximum atomic E-state index is 10.2. The van der Waals surface area contributed by atoms with E-state index < -0.39 is 16.8 Å². The largest absolute Gasteiger partial charge is 0.508 e. The van der Waals surface area contributed by atoms with E-state index in [0.717, 1.165) is 0 Å². The smallest absolute Gasteiger partial charge is 0.435 e. The van der Waals surface area contributed by atoms with Crippen LogP contribution in [-0.2, 0) is 20.1 Å². The molecule has 0 N–H and O–H groups in total. The third kappa shape index (κ3) is 23.1. The summed E-state index contributed by atoms with van der Waals surface area (Å²) in [6.07, 6.45) is -0.588. The van der Waals surface area contributed by atoms with Crippen molar-refractivity contribution in [1.82, 2.24) is 0 Å². The highest BCUT2D eigenvalue weighted by atomic mass is 32.2. The monoisotopic (exact) mass is 198 g/mol.